The van der Waals surface area contributed by atoms with Gasteiger partial charge < -0.3 is 5.11 Å². The van der Waals surface area contributed by atoms with E-state index in [1.165, 1.54) is 18.5 Å². The third-order valence-corrected chi connectivity index (χ3v) is 2.29. The summed E-state index contributed by atoms with van der Waals surface area (Å²) in [7, 11) is 0. The van der Waals surface area contributed by atoms with Crippen molar-refractivity contribution in [2.24, 2.45) is 0 Å². The average molecular weight is 265 g/mol. The molecule has 2 rings (SSSR count). The number of hydrogen-bond acceptors (Lipinski definition) is 5. The standard InChI is InChI=1S/C11H9ClN4O2/c1-6-4-9(12)15-11(14-6)16-10(18)7-2-3-13-5-8(7)17/h2-5,17H,1H3,(H,14,15,16,18). The first-order valence-electron chi connectivity index (χ1n) is 5.02. The van der Waals surface area contributed by atoms with E-state index < -0.39 is 5.91 Å². The fraction of sp³-hybridized carbons (Fsp3) is 0.0909. The summed E-state index contributed by atoms with van der Waals surface area (Å²) in [6.45, 7) is 1.73. The van der Waals surface area contributed by atoms with Crippen LogP contribution in [0.5, 0.6) is 5.75 Å². The van der Waals surface area contributed by atoms with Crippen molar-refractivity contribution in [1.82, 2.24) is 15.0 Å². The summed E-state index contributed by atoms with van der Waals surface area (Å²) in [4.78, 5) is 23.4. The molecule has 0 unspecified atom stereocenters. The van der Waals surface area contributed by atoms with Gasteiger partial charge in [0.2, 0.25) is 5.95 Å². The van der Waals surface area contributed by atoms with Gasteiger partial charge in [-0.15, -0.1) is 0 Å². The SMILES string of the molecule is Cc1cc(Cl)nc(NC(=O)c2ccncc2O)n1. The highest BCUT2D eigenvalue weighted by molar-refractivity contribution is 6.29. The zero-order chi connectivity index (χ0) is 13.1. The van der Waals surface area contributed by atoms with E-state index >= 15 is 0 Å². The molecule has 2 heterocycles. The lowest BCUT2D eigenvalue weighted by molar-refractivity contribution is 0.102. The second-order valence-electron chi connectivity index (χ2n) is 3.50. The molecule has 0 radical (unpaired) electrons. The van der Waals surface area contributed by atoms with Crippen LogP contribution in [0, 0.1) is 6.92 Å². The van der Waals surface area contributed by atoms with E-state index in [0.29, 0.717) is 5.69 Å². The number of amides is 1. The Kier molecular flexibility index (Phi) is 3.38. The third-order valence-electron chi connectivity index (χ3n) is 2.09. The Morgan fingerprint density at radius 1 is 1.44 bits per heavy atom. The number of pyridine rings is 1. The second-order valence-corrected chi connectivity index (χ2v) is 3.89. The minimum Gasteiger partial charge on any atom is -0.505 e. The molecule has 0 saturated carbocycles. The summed E-state index contributed by atoms with van der Waals surface area (Å²) >= 11 is 5.75. The molecular formula is C11H9ClN4O2. The van der Waals surface area contributed by atoms with Crippen molar-refractivity contribution in [3.63, 3.8) is 0 Å². The van der Waals surface area contributed by atoms with Gasteiger partial charge in [0.1, 0.15) is 10.9 Å². The van der Waals surface area contributed by atoms with E-state index in [4.69, 9.17) is 11.6 Å². The molecule has 1 amide bonds. The van der Waals surface area contributed by atoms with E-state index in [1.807, 2.05) is 0 Å². The summed E-state index contributed by atoms with van der Waals surface area (Å²) in [6.07, 6.45) is 2.58. The molecule has 0 aromatic carbocycles. The van der Waals surface area contributed by atoms with Crippen molar-refractivity contribution in [3.05, 3.63) is 40.9 Å². The normalized spacial score (nSPS) is 10.1. The number of rotatable bonds is 2. The van der Waals surface area contributed by atoms with Gasteiger partial charge in [0.05, 0.1) is 11.8 Å². The zero-order valence-electron chi connectivity index (χ0n) is 9.38. The van der Waals surface area contributed by atoms with Gasteiger partial charge in [0.15, 0.2) is 0 Å². The summed E-state index contributed by atoms with van der Waals surface area (Å²) in [5.74, 6) is -0.661. The number of carbonyl (C=O) groups is 1. The summed E-state index contributed by atoms with van der Waals surface area (Å²) in [6, 6.07) is 2.96. The van der Waals surface area contributed by atoms with E-state index in [1.54, 1.807) is 13.0 Å². The maximum atomic E-state index is 11.8. The highest BCUT2D eigenvalue weighted by Gasteiger charge is 2.12. The predicted octanol–water partition coefficient (Wildman–Crippen LogP) is 1.79. The molecule has 92 valence electrons. The Morgan fingerprint density at radius 2 is 2.22 bits per heavy atom. The lowest BCUT2D eigenvalue weighted by Gasteiger charge is -2.05. The van der Waals surface area contributed by atoms with Crippen LogP contribution in [0.15, 0.2) is 24.5 Å². The fourth-order valence-corrected chi connectivity index (χ4v) is 1.57. The molecule has 0 aliphatic rings. The van der Waals surface area contributed by atoms with Crippen LogP contribution < -0.4 is 5.32 Å². The number of hydrogen-bond donors (Lipinski definition) is 2. The minimum atomic E-state index is -0.531. The van der Waals surface area contributed by atoms with E-state index in [0.717, 1.165) is 0 Å². The first-order valence-corrected chi connectivity index (χ1v) is 5.39. The molecule has 0 atom stereocenters. The Hall–Kier alpha value is -2.21. The highest BCUT2D eigenvalue weighted by Crippen LogP contribution is 2.16. The summed E-state index contributed by atoms with van der Waals surface area (Å²) < 4.78 is 0. The second kappa shape index (κ2) is 4.97. The number of aryl methyl sites for hydroxylation is 1. The average Bonchev–Trinajstić information content (AvgIpc) is 2.27. The quantitative estimate of drug-likeness (QED) is 0.808. The van der Waals surface area contributed by atoms with Crippen molar-refractivity contribution in [2.75, 3.05) is 5.32 Å². The van der Waals surface area contributed by atoms with Crippen LogP contribution in [-0.2, 0) is 0 Å². The summed E-state index contributed by atoms with van der Waals surface area (Å²) in [5, 5.41) is 12.2. The Morgan fingerprint density at radius 3 is 2.89 bits per heavy atom. The Labute approximate surface area is 108 Å². The number of nitrogens with zero attached hydrogens (tertiary/aromatic N) is 3. The first kappa shape index (κ1) is 12.3. The van der Waals surface area contributed by atoms with Gasteiger partial charge in [0.25, 0.3) is 5.91 Å². The molecule has 18 heavy (non-hydrogen) atoms. The molecule has 0 aliphatic heterocycles. The Balaban J connectivity index is 2.24. The first-order chi connectivity index (χ1) is 8.56. The van der Waals surface area contributed by atoms with Gasteiger partial charge in [-0.3, -0.25) is 15.1 Å². The van der Waals surface area contributed by atoms with Gasteiger partial charge in [-0.05, 0) is 19.1 Å². The van der Waals surface area contributed by atoms with Crippen LogP contribution in [0.2, 0.25) is 5.15 Å². The molecule has 2 N–H and O–H groups in total. The molecule has 0 bridgehead atoms. The van der Waals surface area contributed by atoms with Crippen LogP contribution in [-0.4, -0.2) is 26.0 Å². The van der Waals surface area contributed by atoms with Gasteiger partial charge >= 0.3 is 0 Å². The maximum Gasteiger partial charge on any atom is 0.261 e. The highest BCUT2D eigenvalue weighted by atomic mass is 35.5. The monoisotopic (exact) mass is 264 g/mol. The molecule has 0 spiro atoms. The lowest BCUT2D eigenvalue weighted by atomic mass is 10.2. The predicted molar refractivity (Wildman–Crippen MR) is 65.6 cm³/mol. The summed E-state index contributed by atoms with van der Waals surface area (Å²) in [5.41, 5.74) is 0.718. The molecular weight excluding hydrogens is 256 g/mol. The number of carbonyl (C=O) groups excluding carboxylic acids is 1. The number of nitrogens with one attached hydrogen (secondary N) is 1. The van der Waals surface area contributed by atoms with Crippen LogP contribution >= 0.6 is 11.6 Å². The fourth-order valence-electron chi connectivity index (χ4n) is 1.33. The van der Waals surface area contributed by atoms with Crippen molar-refractivity contribution in [1.29, 1.82) is 0 Å². The largest absolute Gasteiger partial charge is 0.505 e. The van der Waals surface area contributed by atoms with Crippen LogP contribution in [0.4, 0.5) is 5.95 Å². The van der Waals surface area contributed by atoms with Crippen LogP contribution in [0.1, 0.15) is 16.1 Å². The maximum absolute atomic E-state index is 11.8. The third kappa shape index (κ3) is 2.72. The number of aromatic hydroxyl groups is 1. The van der Waals surface area contributed by atoms with Crippen molar-refractivity contribution in [3.8, 4) is 5.75 Å². The van der Waals surface area contributed by atoms with Crippen LogP contribution in [0.25, 0.3) is 0 Å². The van der Waals surface area contributed by atoms with Crippen molar-refractivity contribution in [2.45, 2.75) is 6.92 Å². The number of aromatic nitrogens is 3. The van der Waals surface area contributed by atoms with Gasteiger partial charge in [-0.2, -0.15) is 0 Å². The number of halogens is 1. The van der Waals surface area contributed by atoms with E-state index in [9.17, 15) is 9.90 Å². The molecule has 6 nitrogen and oxygen atoms in total. The minimum absolute atomic E-state index is 0.0845. The molecule has 2 aromatic heterocycles. The molecule has 7 heteroatoms. The van der Waals surface area contributed by atoms with E-state index in [-0.39, 0.29) is 22.4 Å². The topological polar surface area (TPSA) is 88.0 Å². The van der Waals surface area contributed by atoms with Crippen LogP contribution in [0.3, 0.4) is 0 Å². The van der Waals surface area contributed by atoms with E-state index in [2.05, 4.69) is 20.3 Å². The van der Waals surface area contributed by atoms with Gasteiger partial charge in [-0.1, -0.05) is 11.6 Å². The molecule has 0 aliphatic carbocycles. The van der Waals surface area contributed by atoms with Crippen molar-refractivity contribution >= 4 is 23.5 Å². The lowest BCUT2D eigenvalue weighted by Crippen LogP contribution is -2.14. The smallest absolute Gasteiger partial charge is 0.261 e. The Bertz CT molecular complexity index is 583. The molecule has 2 aromatic rings. The zero-order valence-corrected chi connectivity index (χ0v) is 10.1. The van der Waals surface area contributed by atoms with Gasteiger partial charge in [0, 0.05) is 11.9 Å². The molecule has 0 saturated heterocycles. The van der Waals surface area contributed by atoms with Crippen molar-refractivity contribution < 1.29 is 9.90 Å². The molecule has 0 fully saturated rings. The number of anilines is 1. The van der Waals surface area contributed by atoms with Gasteiger partial charge in [-0.25, -0.2) is 9.97 Å².